The van der Waals surface area contributed by atoms with Crippen LogP contribution in [0.15, 0.2) is 25.3 Å². The average molecular weight is 797 g/mol. The van der Waals surface area contributed by atoms with Crippen LogP contribution < -0.4 is 21.3 Å². The lowest BCUT2D eigenvalue weighted by Crippen LogP contribution is -2.33. The lowest BCUT2D eigenvalue weighted by atomic mass is 10.1. The van der Waals surface area contributed by atoms with Crippen LogP contribution in [0.5, 0.6) is 0 Å². The highest BCUT2D eigenvalue weighted by Crippen LogP contribution is 2.55. The fraction of sp³-hybridized carbons (Fsp3) is 0.565. The molecule has 0 aliphatic carbocycles. The van der Waals surface area contributed by atoms with Crippen LogP contribution in [0.1, 0.15) is 18.9 Å². The van der Waals surface area contributed by atoms with Crippen LogP contribution in [0.25, 0.3) is 22.3 Å². The van der Waals surface area contributed by atoms with Gasteiger partial charge in [-0.1, -0.05) is 23.6 Å². The SMILES string of the molecule is Nc1ncnc2c1ncn2C1OC(COP([O-])(=S)SCCCSP([O-])(=S)OCC2OC(n3cnc4c(N)ncnc43)C(O)C2O)C(O)C1O. The third-order valence-corrected chi connectivity index (χ3v) is 16.2. The van der Waals surface area contributed by atoms with Crippen molar-refractivity contribution in [3.8, 4) is 0 Å². The van der Waals surface area contributed by atoms with E-state index in [0.717, 1.165) is 22.8 Å². The van der Waals surface area contributed by atoms with Gasteiger partial charge in [0.15, 0.2) is 35.4 Å². The van der Waals surface area contributed by atoms with Crippen LogP contribution in [0.3, 0.4) is 0 Å². The van der Waals surface area contributed by atoms with Gasteiger partial charge < -0.3 is 60.2 Å². The molecule has 2 fully saturated rings. The highest BCUT2D eigenvalue weighted by atomic mass is 32.9. The van der Waals surface area contributed by atoms with E-state index in [1.807, 2.05) is 0 Å². The molecular formula is C23H30N10O10P2S4-2. The molecule has 2 aliphatic rings. The van der Waals surface area contributed by atoms with Crippen molar-refractivity contribution >= 4 is 91.7 Å². The minimum Gasteiger partial charge on any atom is -0.793 e. The average Bonchev–Trinajstić information content (AvgIpc) is 3.81. The molecule has 268 valence electrons. The zero-order valence-corrected chi connectivity index (χ0v) is 30.0. The normalized spacial score (nSPS) is 29.8. The summed E-state index contributed by atoms with van der Waals surface area (Å²) in [6, 6.07) is 0. The van der Waals surface area contributed by atoms with E-state index < -0.39 is 60.5 Å². The number of ether oxygens (including phenoxy) is 2. The van der Waals surface area contributed by atoms with Crippen LogP contribution in [0.2, 0.25) is 0 Å². The van der Waals surface area contributed by atoms with E-state index in [1.54, 1.807) is 0 Å². The zero-order chi connectivity index (χ0) is 35.1. The monoisotopic (exact) mass is 796 g/mol. The van der Waals surface area contributed by atoms with Crippen molar-refractivity contribution < 1.29 is 48.7 Å². The van der Waals surface area contributed by atoms with E-state index in [2.05, 4.69) is 29.9 Å². The molecule has 26 heteroatoms. The van der Waals surface area contributed by atoms with Crippen LogP contribution in [0.4, 0.5) is 11.6 Å². The van der Waals surface area contributed by atoms with Gasteiger partial charge in [0.05, 0.1) is 25.9 Å². The second-order valence-corrected chi connectivity index (χ2v) is 23.1. The molecule has 2 saturated heterocycles. The number of nitrogens with zero attached hydrogens (tertiary/aromatic N) is 8. The number of imidazole rings is 2. The second kappa shape index (κ2) is 15.1. The molecule has 6 rings (SSSR count). The van der Waals surface area contributed by atoms with Gasteiger partial charge in [-0.3, -0.25) is 9.13 Å². The molecule has 0 aromatic carbocycles. The van der Waals surface area contributed by atoms with E-state index in [1.165, 1.54) is 34.4 Å². The summed E-state index contributed by atoms with van der Waals surface area (Å²) in [4.78, 5) is 50.0. The largest absolute Gasteiger partial charge is 0.793 e. The molecule has 0 bridgehead atoms. The highest BCUT2D eigenvalue weighted by Gasteiger charge is 2.46. The molecule has 0 radical (unpaired) electrons. The smallest absolute Gasteiger partial charge is 0.167 e. The third kappa shape index (κ3) is 8.04. The molecule has 10 unspecified atom stereocenters. The number of aromatic nitrogens is 8. The van der Waals surface area contributed by atoms with Crippen LogP contribution in [-0.2, 0) is 42.1 Å². The van der Waals surface area contributed by atoms with Gasteiger partial charge in [0, 0.05) is 11.4 Å². The summed E-state index contributed by atoms with van der Waals surface area (Å²) in [6.45, 7) is -0.723. The summed E-state index contributed by atoms with van der Waals surface area (Å²) >= 11 is 12.0. The van der Waals surface area contributed by atoms with Crippen molar-refractivity contribution in [1.29, 1.82) is 0 Å². The van der Waals surface area contributed by atoms with Crippen molar-refractivity contribution in [3.63, 3.8) is 0 Å². The number of hydrogen-bond donors (Lipinski definition) is 6. The van der Waals surface area contributed by atoms with Gasteiger partial charge in [0.1, 0.15) is 60.3 Å². The molecule has 49 heavy (non-hydrogen) atoms. The van der Waals surface area contributed by atoms with Gasteiger partial charge in [-0.15, -0.1) is 22.8 Å². The molecule has 8 N–H and O–H groups in total. The number of fused-ring (bicyclic) bond motifs is 2. The van der Waals surface area contributed by atoms with Crippen molar-refractivity contribution in [2.45, 2.75) is 55.5 Å². The van der Waals surface area contributed by atoms with Crippen molar-refractivity contribution in [1.82, 2.24) is 39.0 Å². The number of nitrogens with two attached hydrogens (primary N) is 2. The van der Waals surface area contributed by atoms with Gasteiger partial charge >= 0.3 is 0 Å². The molecule has 10 atom stereocenters. The van der Waals surface area contributed by atoms with Crippen molar-refractivity contribution in [2.75, 3.05) is 36.2 Å². The number of rotatable bonds is 14. The number of hydrogen-bond acceptors (Lipinski definition) is 22. The molecule has 0 saturated carbocycles. The minimum absolute atomic E-state index is 0.138. The summed E-state index contributed by atoms with van der Waals surface area (Å²) in [7, 11) is 0. The standard InChI is InChI=1S/C23H32N10O10P2S4/c24-18-12-20(28-6-26-18)32(8-30-12)22-16(36)14(34)10(42-22)4-40-44(38,46)48-2-1-3-49-45(39,47)41-5-11-15(35)17(37)23(43-11)33-9-31-13-19(25)27-7-29-21(13)33/h6-11,14-17,22-23,34-37H,1-5H2,(H,38,46)(H,39,47)(H2,24,26,28)(H2,25,27,29)/p-2. The lowest BCUT2D eigenvalue weighted by molar-refractivity contribution is -0.179. The van der Waals surface area contributed by atoms with Crippen LogP contribution in [-0.4, -0.2) is 121 Å². The maximum absolute atomic E-state index is 12.9. The summed E-state index contributed by atoms with van der Waals surface area (Å²) in [5.41, 5.74) is 5.54. The van der Waals surface area contributed by atoms with E-state index >= 15 is 0 Å². The highest BCUT2D eigenvalue weighted by molar-refractivity contribution is 8.67. The molecule has 4 aromatic heterocycles. The molecule has 0 spiro atoms. The molecule has 6 heterocycles. The fourth-order valence-electron chi connectivity index (χ4n) is 5.12. The van der Waals surface area contributed by atoms with Crippen LogP contribution >= 0.6 is 34.2 Å². The van der Waals surface area contributed by atoms with Gasteiger partial charge in [-0.2, -0.15) is 0 Å². The Kier molecular flexibility index (Phi) is 11.4. The van der Waals surface area contributed by atoms with Gasteiger partial charge in [-0.25, -0.2) is 29.9 Å². The zero-order valence-electron chi connectivity index (χ0n) is 25.0. The minimum atomic E-state index is -3.64. The number of aliphatic hydroxyl groups excluding tert-OH is 4. The van der Waals surface area contributed by atoms with E-state index in [-0.39, 0.29) is 36.4 Å². The van der Waals surface area contributed by atoms with E-state index in [9.17, 15) is 30.2 Å². The van der Waals surface area contributed by atoms with E-state index in [0.29, 0.717) is 28.7 Å². The first kappa shape index (κ1) is 37.1. The Morgan fingerprint density at radius 3 is 1.53 bits per heavy atom. The third-order valence-electron chi connectivity index (χ3n) is 7.58. The summed E-state index contributed by atoms with van der Waals surface area (Å²) in [6.07, 6.45) is -4.25. The Bertz CT molecular complexity index is 1760. The van der Waals surface area contributed by atoms with Crippen molar-refractivity contribution in [2.24, 2.45) is 0 Å². The molecule has 4 aromatic rings. The number of anilines is 2. The quantitative estimate of drug-likeness (QED) is 0.0601. The Morgan fingerprint density at radius 1 is 0.714 bits per heavy atom. The van der Waals surface area contributed by atoms with Gasteiger partial charge in [0.2, 0.25) is 0 Å². The summed E-state index contributed by atoms with van der Waals surface area (Å²) in [5, 5.41) is 42.3. The van der Waals surface area contributed by atoms with Gasteiger partial charge in [0.25, 0.3) is 0 Å². The summed E-state index contributed by atoms with van der Waals surface area (Å²) < 4.78 is 25.2. The first-order chi connectivity index (χ1) is 23.3. The molecule has 20 nitrogen and oxygen atoms in total. The first-order valence-electron chi connectivity index (χ1n) is 14.4. The topological polar surface area (TPSA) is 303 Å². The Morgan fingerprint density at radius 2 is 1.12 bits per heavy atom. The molecule has 2 aliphatic heterocycles. The van der Waals surface area contributed by atoms with Crippen LogP contribution in [0, 0.1) is 0 Å². The molecule has 0 amide bonds. The predicted octanol–water partition coefficient (Wildman–Crippen LogP) is -1.87. The Hall–Kier alpha value is -1.70. The maximum atomic E-state index is 12.9. The fourth-order valence-corrected chi connectivity index (χ4v) is 11.7. The maximum Gasteiger partial charge on any atom is 0.167 e. The second-order valence-electron chi connectivity index (χ2n) is 10.8. The van der Waals surface area contributed by atoms with Crippen molar-refractivity contribution in [3.05, 3.63) is 25.3 Å². The predicted molar refractivity (Wildman–Crippen MR) is 181 cm³/mol. The van der Waals surface area contributed by atoms with E-state index in [4.69, 9.17) is 53.6 Å². The Balaban J connectivity index is 0.918. The molecular weight excluding hydrogens is 767 g/mol. The lowest BCUT2D eigenvalue weighted by Gasteiger charge is -2.30. The van der Waals surface area contributed by atoms with Gasteiger partial charge in [-0.05, 0) is 17.9 Å². The number of aliphatic hydroxyl groups is 4. The first-order valence-corrected chi connectivity index (χ1v) is 22.8. The summed E-state index contributed by atoms with van der Waals surface area (Å²) in [5.74, 6) is 0.795. The Labute approximate surface area is 295 Å². The number of nitrogen functional groups attached to an aromatic ring is 2.